The van der Waals surface area contributed by atoms with E-state index >= 15 is 0 Å². The molecular formula is C16H28O3. The maximum Gasteiger partial charge on any atom is 0.309 e. The second-order valence-electron chi connectivity index (χ2n) is 7.04. The van der Waals surface area contributed by atoms with Gasteiger partial charge in [0, 0.05) is 0 Å². The molecule has 0 aromatic heterocycles. The number of hydrogen-bond acceptors (Lipinski definition) is 3. The van der Waals surface area contributed by atoms with Crippen molar-refractivity contribution in [3.05, 3.63) is 0 Å². The Hall–Kier alpha value is -0.570. The molecule has 2 aliphatic carbocycles. The van der Waals surface area contributed by atoms with Crippen molar-refractivity contribution in [3.8, 4) is 0 Å². The fourth-order valence-corrected chi connectivity index (χ4v) is 3.11. The van der Waals surface area contributed by atoms with Gasteiger partial charge in [-0.3, -0.25) is 4.79 Å². The summed E-state index contributed by atoms with van der Waals surface area (Å²) in [5.41, 5.74) is 0.457. The Morgan fingerprint density at radius 3 is 2.63 bits per heavy atom. The highest BCUT2D eigenvalue weighted by Gasteiger charge is 2.32. The van der Waals surface area contributed by atoms with Crippen LogP contribution in [-0.4, -0.2) is 25.3 Å². The van der Waals surface area contributed by atoms with Crippen molar-refractivity contribution < 1.29 is 14.3 Å². The summed E-state index contributed by atoms with van der Waals surface area (Å²) in [6.45, 7) is 7.81. The molecule has 0 bridgehead atoms. The minimum Gasteiger partial charge on any atom is -0.463 e. The predicted molar refractivity (Wildman–Crippen MR) is 74.8 cm³/mol. The van der Waals surface area contributed by atoms with Gasteiger partial charge in [-0.15, -0.1) is 0 Å². The van der Waals surface area contributed by atoms with E-state index in [9.17, 15) is 4.79 Å². The van der Waals surface area contributed by atoms with Crippen LogP contribution in [-0.2, 0) is 14.3 Å². The first-order valence-corrected chi connectivity index (χ1v) is 7.76. The first kappa shape index (κ1) is 14.8. The zero-order valence-electron chi connectivity index (χ0n) is 12.6. The van der Waals surface area contributed by atoms with Crippen molar-refractivity contribution in [1.29, 1.82) is 0 Å². The Morgan fingerprint density at radius 2 is 2.00 bits per heavy atom. The van der Waals surface area contributed by atoms with Gasteiger partial charge in [-0.25, -0.2) is 0 Å². The first-order valence-electron chi connectivity index (χ1n) is 7.76. The van der Waals surface area contributed by atoms with Crippen molar-refractivity contribution in [1.82, 2.24) is 0 Å². The number of esters is 1. The Balaban J connectivity index is 1.60. The highest BCUT2D eigenvalue weighted by molar-refractivity contribution is 5.74. The zero-order chi connectivity index (χ0) is 13.9. The molecule has 0 aromatic carbocycles. The minimum absolute atomic E-state index is 0.0324. The summed E-state index contributed by atoms with van der Waals surface area (Å²) in [6, 6.07) is 0. The average molecular weight is 268 g/mol. The van der Waals surface area contributed by atoms with Gasteiger partial charge in [0.15, 0.2) is 0 Å². The number of ether oxygens (including phenoxy) is 2. The third-order valence-electron chi connectivity index (χ3n) is 4.53. The number of carbonyl (C=O) groups excluding carboxylic acids is 1. The van der Waals surface area contributed by atoms with Crippen LogP contribution in [0.5, 0.6) is 0 Å². The predicted octanol–water partition coefficient (Wildman–Crippen LogP) is 3.56. The lowest BCUT2D eigenvalue weighted by atomic mass is 9.71. The molecule has 110 valence electrons. The lowest BCUT2D eigenvalue weighted by Crippen LogP contribution is -2.31. The van der Waals surface area contributed by atoms with E-state index in [1.54, 1.807) is 0 Å². The van der Waals surface area contributed by atoms with Crippen molar-refractivity contribution in [2.24, 2.45) is 17.3 Å². The molecule has 2 saturated carbocycles. The van der Waals surface area contributed by atoms with Crippen LogP contribution in [0.3, 0.4) is 0 Å². The van der Waals surface area contributed by atoms with E-state index in [1.807, 2.05) is 0 Å². The van der Waals surface area contributed by atoms with Crippen LogP contribution in [0, 0.1) is 17.3 Å². The third kappa shape index (κ3) is 4.79. The molecule has 2 atom stereocenters. The van der Waals surface area contributed by atoms with Crippen LogP contribution in [0.2, 0.25) is 0 Å². The van der Waals surface area contributed by atoms with Crippen LogP contribution in [0.25, 0.3) is 0 Å². The SMILES string of the molecule is CC(OCCOC(=O)C1CC1)C1CCCC(C)(C)C1. The van der Waals surface area contributed by atoms with E-state index in [2.05, 4.69) is 20.8 Å². The molecule has 2 unspecified atom stereocenters. The molecule has 19 heavy (non-hydrogen) atoms. The molecule has 0 aromatic rings. The highest BCUT2D eigenvalue weighted by atomic mass is 16.6. The summed E-state index contributed by atoms with van der Waals surface area (Å²) in [4.78, 5) is 11.4. The van der Waals surface area contributed by atoms with Crippen LogP contribution in [0.1, 0.15) is 59.3 Å². The van der Waals surface area contributed by atoms with Gasteiger partial charge in [0.05, 0.1) is 18.6 Å². The van der Waals surface area contributed by atoms with Gasteiger partial charge in [0.2, 0.25) is 0 Å². The Kier molecular flexibility index (Phi) is 4.88. The summed E-state index contributed by atoms with van der Waals surface area (Å²) < 4.78 is 11.0. The fraction of sp³-hybridized carbons (Fsp3) is 0.938. The van der Waals surface area contributed by atoms with Crippen LogP contribution in [0.4, 0.5) is 0 Å². The molecule has 2 fully saturated rings. The zero-order valence-corrected chi connectivity index (χ0v) is 12.6. The Labute approximate surface area is 117 Å². The minimum atomic E-state index is -0.0324. The maximum atomic E-state index is 11.4. The summed E-state index contributed by atoms with van der Waals surface area (Å²) in [5, 5.41) is 0. The summed E-state index contributed by atoms with van der Waals surface area (Å²) in [7, 11) is 0. The lowest BCUT2D eigenvalue weighted by Gasteiger charge is -2.37. The van der Waals surface area contributed by atoms with E-state index in [1.165, 1.54) is 25.7 Å². The molecule has 0 saturated heterocycles. The third-order valence-corrected chi connectivity index (χ3v) is 4.53. The topological polar surface area (TPSA) is 35.5 Å². The van der Waals surface area contributed by atoms with Gasteiger partial charge in [0.1, 0.15) is 6.61 Å². The second-order valence-corrected chi connectivity index (χ2v) is 7.04. The van der Waals surface area contributed by atoms with E-state index in [0.29, 0.717) is 24.5 Å². The number of rotatable bonds is 6. The maximum absolute atomic E-state index is 11.4. The van der Waals surface area contributed by atoms with Gasteiger partial charge in [0.25, 0.3) is 0 Å². The van der Waals surface area contributed by atoms with Crippen molar-refractivity contribution >= 4 is 5.97 Å². The van der Waals surface area contributed by atoms with Crippen LogP contribution < -0.4 is 0 Å². The quantitative estimate of drug-likeness (QED) is 0.546. The lowest BCUT2D eigenvalue weighted by molar-refractivity contribution is -0.147. The highest BCUT2D eigenvalue weighted by Crippen LogP contribution is 2.40. The van der Waals surface area contributed by atoms with Gasteiger partial charge in [-0.05, 0) is 50.4 Å². The number of hydrogen-bond donors (Lipinski definition) is 0. The van der Waals surface area contributed by atoms with Crippen LogP contribution in [0.15, 0.2) is 0 Å². The Bertz CT molecular complexity index is 307. The standard InChI is InChI=1S/C16H28O3/c1-12(14-5-4-8-16(2,3)11-14)18-9-10-19-15(17)13-6-7-13/h12-14H,4-11H2,1-3H3. The van der Waals surface area contributed by atoms with Crippen molar-refractivity contribution in [2.75, 3.05) is 13.2 Å². The van der Waals surface area contributed by atoms with E-state index < -0.39 is 0 Å². The van der Waals surface area contributed by atoms with Crippen molar-refractivity contribution in [2.45, 2.75) is 65.4 Å². The van der Waals surface area contributed by atoms with Gasteiger partial charge in [-0.1, -0.05) is 20.3 Å². The second kappa shape index (κ2) is 6.25. The van der Waals surface area contributed by atoms with E-state index in [0.717, 1.165) is 12.8 Å². The largest absolute Gasteiger partial charge is 0.463 e. The van der Waals surface area contributed by atoms with E-state index in [4.69, 9.17) is 9.47 Å². The van der Waals surface area contributed by atoms with Gasteiger partial charge >= 0.3 is 5.97 Å². The molecule has 0 spiro atoms. The molecule has 3 nitrogen and oxygen atoms in total. The summed E-state index contributed by atoms with van der Waals surface area (Å²) in [6.07, 6.45) is 7.44. The van der Waals surface area contributed by atoms with Crippen LogP contribution >= 0.6 is 0 Å². The Morgan fingerprint density at radius 1 is 1.26 bits per heavy atom. The molecule has 0 aliphatic heterocycles. The molecular weight excluding hydrogens is 240 g/mol. The number of carbonyl (C=O) groups is 1. The van der Waals surface area contributed by atoms with Crippen molar-refractivity contribution in [3.63, 3.8) is 0 Å². The molecule has 0 N–H and O–H groups in total. The molecule has 0 radical (unpaired) electrons. The normalized spacial score (nSPS) is 27.8. The molecule has 0 heterocycles. The average Bonchev–Trinajstić information content (AvgIpc) is 3.17. The smallest absolute Gasteiger partial charge is 0.309 e. The molecule has 0 amide bonds. The fourth-order valence-electron chi connectivity index (χ4n) is 3.11. The first-order chi connectivity index (χ1) is 8.98. The van der Waals surface area contributed by atoms with E-state index in [-0.39, 0.29) is 18.0 Å². The molecule has 2 aliphatic rings. The molecule has 3 heteroatoms. The summed E-state index contributed by atoms with van der Waals surface area (Å²) >= 11 is 0. The monoisotopic (exact) mass is 268 g/mol. The summed E-state index contributed by atoms with van der Waals surface area (Å²) in [5.74, 6) is 0.814. The van der Waals surface area contributed by atoms with Gasteiger partial charge < -0.3 is 9.47 Å². The van der Waals surface area contributed by atoms with Gasteiger partial charge in [-0.2, -0.15) is 0 Å². The molecule has 2 rings (SSSR count).